The highest BCUT2D eigenvalue weighted by atomic mass is 79.9. The summed E-state index contributed by atoms with van der Waals surface area (Å²) in [5.41, 5.74) is 7.24. The monoisotopic (exact) mass is 328 g/mol. The highest BCUT2D eigenvalue weighted by molar-refractivity contribution is 9.10. The van der Waals surface area contributed by atoms with Gasteiger partial charge in [0.25, 0.3) is 5.91 Å². The molecule has 1 aromatic carbocycles. The first-order chi connectivity index (χ1) is 8.34. The smallest absolute Gasteiger partial charge is 0.253 e. The minimum absolute atomic E-state index is 0.162. The predicted molar refractivity (Wildman–Crippen MR) is 81.8 cm³/mol. The Bertz CT molecular complexity index is 474. The van der Waals surface area contributed by atoms with Crippen molar-refractivity contribution in [1.82, 2.24) is 5.32 Å². The van der Waals surface area contributed by atoms with Crippen LogP contribution in [0.2, 0.25) is 0 Å². The van der Waals surface area contributed by atoms with Crippen molar-refractivity contribution in [3.8, 4) is 0 Å². The predicted octanol–water partition coefficient (Wildman–Crippen LogP) is 2.80. The lowest BCUT2D eigenvalue weighted by atomic mass is 10.0. The lowest BCUT2D eigenvalue weighted by Gasteiger charge is -2.21. The molecular formula is C13H17BrN2OS. The van der Waals surface area contributed by atoms with E-state index in [0.717, 1.165) is 10.0 Å². The summed E-state index contributed by atoms with van der Waals surface area (Å²) in [6.07, 6.45) is 0. The second-order valence-electron chi connectivity index (χ2n) is 4.53. The van der Waals surface area contributed by atoms with E-state index in [0.29, 0.717) is 10.6 Å². The zero-order chi connectivity index (χ0) is 13.9. The van der Waals surface area contributed by atoms with Gasteiger partial charge in [-0.15, -0.1) is 0 Å². The molecule has 0 aliphatic heterocycles. The number of hydrogen-bond acceptors (Lipinski definition) is 2. The van der Waals surface area contributed by atoms with E-state index in [1.807, 2.05) is 32.9 Å². The Labute approximate surface area is 121 Å². The number of carbonyl (C=O) groups excluding carboxylic acids is 1. The van der Waals surface area contributed by atoms with Gasteiger partial charge in [-0.05, 0) is 40.4 Å². The maximum Gasteiger partial charge on any atom is 0.253 e. The molecule has 3 nitrogen and oxygen atoms in total. The van der Waals surface area contributed by atoms with Crippen LogP contribution in [0.3, 0.4) is 0 Å². The van der Waals surface area contributed by atoms with Gasteiger partial charge in [0.05, 0.1) is 16.6 Å². The Morgan fingerprint density at radius 2 is 2.06 bits per heavy atom. The van der Waals surface area contributed by atoms with Gasteiger partial charge in [-0.1, -0.05) is 38.2 Å². The molecule has 1 aromatic rings. The van der Waals surface area contributed by atoms with E-state index in [1.54, 1.807) is 6.07 Å². The SMILES string of the molecule is Cc1cccc(C(=O)NC(C(N)=S)C(C)C)c1Br. The van der Waals surface area contributed by atoms with Crippen LogP contribution in [-0.4, -0.2) is 16.9 Å². The number of thiocarbonyl (C=S) groups is 1. The average molecular weight is 329 g/mol. The first-order valence-electron chi connectivity index (χ1n) is 5.70. The first-order valence-corrected chi connectivity index (χ1v) is 6.90. The van der Waals surface area contributed by atoms with Crippen LogP contribution in [0.15, 0.2) is 22.7 Å². The van der Waals surface area contributed by atoms with Crippen molar-refractivity contribution in [2.45, 2.75) is 26.8 Å². The minimum atomic E-state index is -0.292. The number of aryl methyl sites for hydroxylation is 1. The largest absolute Gasteiger partial charge is 0.392 e. The maximum atomic E-state index is 12.2. The number of nitrogens with two attached hydrogens (primary N) is 1. The van der Waals surface area contributed by atoms with Crippen LogP contribution in [0.5, 0.6) is 0 Å². The lowest BCUT2D eigenvalue weighted by Crippen LogP contribution is -2.46. The Kier molecular flexibility index (Phi) is 5.28. The number of carbonyl (C=O) groups is 1. The summed E-state index contributed by atoms with van der Waals surface area (Å²) in [5, 5.41) is 2.87. The summed E-state index contributed by atoms with van der Waals surface area (Å²) in [6, 6.07) is 5.26. The van der Waals surface area contributed by atoms with Crippen LogP contribution < -0.4 is 11.1 Å². The van der Waals surface area contributed by atoms with E-state index >= 15 is 0 Å². The van der Waals surface area contributed by atoms with Gasteiger partial charge in [-0.25, -0.2) is 0 Å². The summed E-state index contributed by atoms with van der Waals surface area (Å²) >= 11 is 8.39. The highest BCUT2D eigenvalue weighted by Gasteiger charge is 2.20. The van der Waals surface area contributed by atoms with Gasteiger partial charge in [0, 0.05) is 4.47 Å². The summed E-state index contributed by atoms with van der Waals surface area (Å²) in [5.74, 6) is -0.00731. The molecule has 0 radical (unpaired) electrons. The third-order valence-electron chi connectivity index (χ3n) is 2.70. The van der Waals surface area contributed by atoms with Gasteiger partial charge < -0.3 is 11.1 Å². The molecule has 1 rings (SSSR count). The Morgan fingerprint density at radius 3 is 2.56 bits per heavy atom. The molecule has 0 heterocycles. The van der Waals surface area contributed by atoms with Crippen LogP contribution in [0.1, 0.15) is 29.8 Å². The molecule has 0 fully saturated rings. The number of halogens is 1. The molecule has 5 heteroatoms. The molecule has 0 saturated heterocycles. The molecule has 1 unspecified atom stereocenters. The van der Waals surface area contributed by atoms with Crippen LogP contribution in [-0.2, 0) is 0 Å². The van der Waals surface area contributed by atoms with Crippen LogP contribution in [0.4, 0.5) is 0 Å². The van der Waals surface area contributed by atoms with Gasteiger partial charge in [0.1, 0.15) is 0 Å². The van der Waals surface area contributed by atoms with Crippen LogP contribution in [0.25, 0.3) is 0 Å². The summed E-state index contributed by atoms with van der Waals surface area (Å²) in [6.45, 7) is 5.87. The van der Waals surface area contributed by atoms with Gasteiger partial charge in [-0.3, -0.25) is 4.79 Å². The normalized spacial score (nSPS) is 12.3. The number of amides is 1. The van der Waals surface area contributed by atoms with E-state index in [4.69, 9.17) is 18.0 Å². The fourth-order valence-electron chi connectivity index (χ4n) is 1.61. The van der Waals surface area contributed by atoms with Gasteiger partial charge in [0.2, 0.25) is 0 Å². The van der Waals surface area contributed by atoms with Crippen molar-refractivity contribution < 1.29 is 4.79 Å². The summed E-state index contributed by atoms with van der Waals surface area (Å²) in [7, 11) is 0. The second-order valence-corrected chi connectivity index (χ2v) is 5.80. The van der Waals surface area contributed by atoms with Crippen molar-refractivity contribution in [3.05, 3.63) is 33.8 Å². The van der Waals surface area contributed by atoms with Crippen molar-refractivity contribution in [2.75, 3.05) is 0 Å². The Hall–Kier alpha value is -0.940. The molecule has 0 saturated carbocycles. The number of rotatable bonds is 4. The van der Waals surface area contributed by atoms with Gasteiger partial charge >= 0.3 is 0 Å². The fourth-order valence-corrected chi connectivity index (χ4v) is 2.38. The topological polar surface area (TPSA) is 55.1 Å². The molecule has 3 N–H and O–H groups in total. The summed E-state index contributed by atoms with van der Waals surface area (Å²) in [4.78, 5) is 12.5. The second kappa shape index (κ2) is 6.29. The highest BCUT2D eigenvalue weighted by Crippen LogP contribution is 2.21. The molecule has 0 bridgehead atoms. The van der Waals surface area contributed by atoms with Gasteiger partial charge in [-0.2, -0.15) is 0 Å². The van der Waals surface area contributed by atoms with Gasteiger partial charge in [0.15, 0.2) is 0 Å². The molecule has 0 spiro atoms. The number of hydrogen-bond donors (Lipinski definition) is 2. The molecular weight excluding hydrogens is 312 g/mol. The van der Waals surface area contributed by atoms with E-state index in [9.17, 15) is 4.79 Å². The lowest BCUT2D eigenvalue weighted by molar-refractivity contribution is 0.0939. The molecule has 98 valence electrons. The van der Waals surface area contributed by atoms with E-state index in [-0.39, 0.29) is 17.9 Å². The molecule has 1 atom stereocenters. The Balaban J connectivity index is 2.94. The number of benzene rings is 1. The third-order valence-corrected chi connectivity index (χ3v) is 4.00. The van der Waals surface area contributed by atoms with Crippen LogP contribution in [0, 0.1) is 12.8 Å². The van der Waals surface area contributed by atoms with Crippen molar-refractivity contribution in [1.29, 1.82) is 0 Å². The number of nitrogens with one attached hydrogen (secondary N) is 1. The van der Waals surface area contributed by atoms with E-state index < -0.39 is 0 Å². The Morgan fingerprint density at radius 1 is 1.44 bits per heavy atom. The zero-order valence-electron chi connectivity index (χ0n) is 10.7. The standard InChI is InChI=1S/C13H17BrN2OS/c1-7(2)11(12(15)18)16-13(17)9-6-4-5-8(3)10(9)14/h4-7,11H,1-3H3,(H2,15,18)(H,16,17). The fraction of sp³-hybridized carbons (Fsp3) is 0.385. The maximum absolute atomic E-state index is 12.2. The quantitative estimate of drug-likeness (QED) is 0.835. The van der Waals surface area contributed by atoms with Crippen molar-refractivity contribution in [2.24, 2.45) is 11.7 Å². The van der Waals surface area contributed by atoms with Crippen LogP contribution >= 0.6 is 28.1 Å². The van der Waals surface area contributed by atoms with E-state index in [1.165, 1.54) is 0 Å². The molecule has 1 amide bonds. The van der Waals surface area contributed by atoms with E-state index in [2.05, 4.69) is 21.2 Å². The molecule has 0 aromatic heterocycles. The van der Waals surface area contributed by atoms with Crippen molar-refractivity contribution in [3.63, 3.8) is 0 Å². The molecule has 18 heavy (non-hydrogen) atoms. The molecule has 0 aliphatic carbocycles. The third kappa shape index (κ3) is 3.53. The average Bonchev–Trinajstić information content (AvgIpc) is 2.28. The van der Waals surface area contributed by atoms with Crippen molar-refractivity contribution >= 4 is 39.0 Å². The first kappa shape index (κ1) is 15.1. The summed E-state index contributed by atoms with van der Waals surface area (Å²) < 4.78 is 0.799. The minimum Gasteiger partial charge on any atom is -0.392 e. The molecule has 0 aliphatic rings. The zero-order valence-corrected chi connectivity index (χ0v) is 13.1.